The number of nitrogens with one attached hydrogen (secondary N) is 2. The van der Waals surface area contributed by atoms with Gasteiger partial charge in [0.15, 0.2) is 0 Å². The van der Waals surface area contributed by atoms with E-state index in [1.165, 1.54) is 12.8 Å². The number of nitrogens with zero attached hydrogens (tertiary/aromatic N) is 1. The molecule has 1 aromatic carbocycles. The van der Waals surface area contributed by atoms with Crippen LogP contribution in [-0.2, 0) is 6.54 Å². The van der Waals surface area contributed by atoms with E-state index in [0.717, 1.165) is 35.9 Å². The van der Waals surface area contributed by atoms with E-state index in [1.807, 2.05) is 18.2 Å². The van der Waals surface area contributed by atoms with E-state index in [2.05, 4.69) is 35.2 Å². The van der Waals surface area contributed by atoms with Gasteiger partial charge in [-0.2, -0.15) is 0 Å². The third-order valence-electron chi connectivity index (χ3n) is 3.01. The molecule has 3 nitrogen and oxygen atoms in total. The molecule has 0 fully saturated rings. The molecule has 0 bridgehead atoms. The van der Waals surface area contributed by atoms with Crippen molar-refractivity contribution in [3.05, 3.63) is 30.1 Å². The van der Waals surface area contributed by atoms with Gasteiger partial charge in [0.2, 0.25) is 0 Å². The first-order valence-electron chi connectivity index (χ1n) is 6.44. The summed E-state index contributed by atoms with van der Waals surface area (Å²) in [6.45, 7) is 6.40. The van der Waals surface area contributed by atoms with Crippen LogP contribution in [0.3, 0.4) is 0 Å². The standard InChI is InChI=1S/C14H21N3/c1-3-6-11(2)9-15-10-14-16-12-7-4-5-8-13(12)17-14/h4-5,7-8,11,15H,3,6,9-10H2,1-2H3,(H,16,17). The van der Waals surface area contributed by atoms with Crippen LogP contribution in [0, 0.1) is 5.92 Å². The summed E-state index contributed by atoms with van der Waals surface area (Å²) in [4.78, 5) is 7.87. The molecule has 0 radical (unpaired) electrons. The first kappa shape index (κ1) is 12.1. The molecule has 92 valence electrons. The maximum atomic E-state index is 4.54. The summed E-state index contributed by atoms with van der Waals surface area (Å²) in [7, 11) is 0. The molecule has 0 spiro atoms. The van der Waals surface area contributed by atoms with Crippen LogP contribution in [0.1, 0.15) is 32.5 Å². The van der Waals surface area contributed by atoms with Crippen molar-refractivity contribution < 1.29 is 0 Å². The van der Waals surface area contributed by atoms with E-state index in [9.17, 15) is 0 Å². The molecule has 1 heterocycles. The average Bonchev–Trinajstić information content (AvgIpc) is 2.71. The van der Waals surface area contributed by atoms with Gasteiger partial charge in [0, 0.05) is 0 Å². The molecule has 0 saturated carbocycles. The van der Waals surface area contributed by atoms with Gasteiger partial charge in [-0.15, -0.1) is 0 Å². The summed E-state index contributed by atoms with van der Waals surface area (Å²) in [5, 5.41) is 3.45. The molecule has 0 saturated heterocycles. The Hall–Kier alpha value is -1.35. The van der Waals surface area contributed by atoms with Gasteiger partial charge in [0.1, 0.15) is 5.82 Å². The van der Waals surface area contributed by atoms with Gasteiger partial charge in [-0.1, -0.05) is 32.4 Å². The van der Waals surface area contributed by atoms with Gasteiger partial charge in [-0.3, -0.25) is 0 Å². The Balaban J connectivity index is 1.86. The van der Waals surface area contributed by atoms with Gasteiger partial charge in [-0.25, -0.2) is 4.98 Å². The molecule has 17 heavy (non-hydrogen) atoms. The number of aromatic nitrogens is 2. The van der Waals surface area contributed by atoms with Gasteiger partial charge < -0.3 is 10.3 Å². The lowest BCUT2D eigenvalue weighted by atomic mass is 10.1. The van der Waals surface area contributed by atoms with Gasteiger partial charge >= 0.3 is 0 Å². The van der Waals surface area contributed by atoms with Crippen LogP contribution >= 0.6 is 0 Å². The van der Waals surface area contributed by atoms with Crippen molar-refractivity contribution in [2.45, 2.75) is 33.2 Å². The Bertz CT molecular complexity index is 428. The molecule has 2 rings (SSSR count). The summed E-state index contributed by atoms with van der Waals surface area (Å²) >= 11 is 0. The van der Waals surface area contributed by atoms with E-state index in [1.54, 1.807) is 0 Å². The molecule has 1 unspecified atom stereocenters. The van der Waals surface area contributed by atoms with Crippen molar-refractivity contribution in [2.75, 3.05) is 6.54 Å². The molecule has 1 aromatic heterocycles. The van der Waals surface area contributed by atoms with Crippen LogP contribution in [0.2, 0.25) is 0 Å². The number of para-hydroxylation sites is 2. The third kappa shape index (κ3) is 3.30. The van der Waals surface area contributed by atoms with Crippen LogP contribution in [0.15, 0.2) is 24.3 Å². The summed E-state index contributed by atoms with van der Waals surface area (Å²) in [5.74, 6) is 1.76. The van der Waals surface area contributed by atoms with E-state index >= 15 is 0 Å². The number of imidazole rings is 1. The minimum Gasteiger partial charge on any atom is -0.341 e. The lowest BCUT2D eigenvalue weighted by molar-refractivity contribution is 0.472. The van der Waals surface area contributed by atoms with Crippen LogP contribution in [0.25, 0.3) is 11.0 Å². The molecular formula is C14H21N3. The quantitative estimate of drug-likeness (QED) is 0.802. The number of fused-ring (bicyclic) bond motifs is 1. The first-order chi connectivity index (χ1) is 8.29. The topological polar surface area (TPSA) is 40.7 Å². The fourth-order valence-corrected chi connectivity index (χ4v) is 2.12. The minimum absolute atomic E-state index is 0.740. The summed E-state index contributed by atoms with van der Waals surface area (Å²) in [6.07, 6.45) is 2.54. The fourth-order valence-electron chi connectivity index (χ4n) is 2.12. The number of H-pyrrole nitrogens is 1. The predicted octanol–water partition coefficient (Wildman–Crippen LogP) is 3.09. The summed E-state index contributed by atoms with van der Waals surface area (Å²) in [6, 6.07) is 8.14. The second kappa shape index (κ2) is 5.82. The Morgan fingerprint density at radius 3 is 2.94 bits per heavy atom. The number of hydrogen-bond donors (Lipinski definition) is 2. The molecule has 1 atom stereocenters. The Kier molecular flexibility index (Phi) is 4.15. The van der Waals surface area contributed by atoms with E-state index in [0.29, 0.717) is 0 Å². The largest absolute Gasteiger partial charge is 0.341 e. The lowest BCUT2D eigenvalue weighted by Crippen LogP contribution is -2.21. The highest BCUT2D eigenvalue weighted by Gasteiger charge is 2.03. The van der Waals surface area contributed by atoms with Gasteiger partial charge in [-0.05, 0) is 31.0 Å². The van der Waals surface area contributed by atoms with Crippen molar-refractivity contribution in [2.24, 2.45) is 5.92 Å². The smallest absolute Gasteiger partial charge is 0.121 e. The Morgan fingerprint density at radius 1 is 1.35 bits per heavy atom. The highest BCUT2D eigenvalue weighted by molar-refractivity contribution is 5.74. The highest BCUT2D eigenvalue weighted by Crippen LogP contribution is 2.10. The SMILES string of the molecule is CCCC(C)CNCc1nc2ccccc2[nH]1. The maximum Gasteiger partial charge on any atom is 0.121 e. The number of aromatic amines is 1. The van der Waals surface area contributed by atoms with Crippen molar-refractivity contribution in [1.82, 2.24) is 15.3 Å². The normalized spacial score (nSPS) is 13.1. The van der Waals surface area contributed by atoms with Crippen LogP contribution < -0.4 is 5.32 Å². The average molecular weight is 231 g/mol. The van der Waals surface area contributed by atoms with Crippen molar-refractivity contribution in [3.8, 4) is 0 Å². The maximum absolute atomic E-state index is 4.54. The monoisotopic (exact) mass is 231 g/mol. The summed E-state index contributed by atoms with van der Waals surface area (Å²) < 4.78 is 0. The zero-order chi connectivity index (χ0) is 12.1. The Labute approximate surface area is 103 Å². The second-order valence-corrected chi connectivity index (χ2v) is 4.73. The lowest BCUT2D eigenvalue weighted by Gasteiger charge is -2.09. The Morgan fingerprint density at radius 2 is 2.18 bits per heavy atom. The van der Waals surface area contributed by atoms with Gasteiger partial charge in [0.25, 0.3) is 0 Å². The van der Waals surface area contributed by atoms with E-state index in [4.69, 9.17) is 0 Å². The summed E-state index contributed by atoms with van der Waals surface area (Å²) in [5.41, 5.74) is 2.16. The molecular weight excluding hydrogens is 210 g/mol. The molecule has 0 aliphatic heterocycles. The van der Waals surface area contributed by atoms with Gasteiger partial charge in [0.05, 0.1) is 17.6 Å². The molecule has 2 aromatic rings. The molecule has 0 amide bonds. The number of hydrogen-bond acceptors (Lipinski definition) is 2. The molecule has 0 aliphatic carbocycles. The predicted molar refractivity (Wildman–Crippen MR) is 71.9 cm³/mol. The minimum atomic E-state index is 0.740. The van der Waals surface area contributed by atoms with Crippen LogP contribution in [-0.4, -0.2) is 16.5 Å². The number of rotatable bonds is 6. The molecule has 2 N–H and O–H groups in total. The first-order valence-corrected chi connectivity index (χ1v) is 6.44. The zero-order valence-electron chi connectivity index (χ0n) is 10.7. The molecule has 0 aliphatic rings. The van der Waals surface area contributed by atoms with E-state index in [-0.39, 0.29) is 0 Å². The fraction of sp³-hybridized carbons (Fsp3) is 0.500. The molecule has 3 heteroatoms. The van der Waals surface area contributed by atoms with Crippen LogP contribution in [0.4, 0.5) is 0 Å². The van der Waals surface area contributed by atoms with Crippen molar-refractivity contribution in [3.63, 3.8) is 0 Å². The highest BCUT2D eigenvalue weighted by atomic mass is 15.0. The zero-order valence-corrected chi connectivity index (χ0v) is 10.7. The number of benzene rings is 1. The third-order valence-corrected chi connectivity index (χ3v) is 3.01. The van der Waals surface area contributed by atoms with E-state index < -0.39 is 0 Å². The van der Waals surface area contributed by atoms with Crippen molar-refractivity contribution >= 4 is 11.0 Å². The second-order valence-electron chi connectivity index (χ2n) is 4.73. The van der Waals surface area contributed by atoms with Crippen LogP contribution in [0.5, 0.6) is 0 Å². The van der Waals surface area contributed by atoms with Crippen molar-refractivity contribution in [1.29, 1.82) is 0 Å².